The minimum Gasteiger partial charge on any atom is -0.374 e. The summed E-state index contributed by atoms with van der Waals surface area (Å²) >= 11 is 0. The molecule has 0 fully saturated rings. The van der Waals surface area contributed by atoms with Crippen LogP contribution in [0.1, 0.15) is 33.6 Å². The maximum absolute atomic E-state index is 4.63. The van der Waals surface area contributed by atoms with E-state index in [9.17, 15) is 0 Å². The zero-order valence-electron chi connectivity index (χ0n) is 12.2. The van der Waals surface area contributed by atoms with Crippen molar-refractivity contribution in [3.63, 3.8) is 0 Å². The highest BCUT2D eigenvalue weighted by molar-refractivity contribution is 5.84. The molecule has 0 radical (unpaired) electrons. The molecular weight excluding hydrogens is 210 g/mol. The van der Waals surface area contributed by atoms with Crippen LogP contribution in [0.3, 0.4) is 0 Å². The normalized spacial score (nSPS) is 12.3. The van der Waals surface area contributed by atoms with Gasteiger partial charge in [-0.25, -0.2) is 0 Å². The van der Waals surface area contributed by atoms with E-state index in [0.717, 1.165) is 38.3 Å². The van der Waals surface area contributed by atoms with Crippen LogP contribution in [0, 0.1) is 5.92 Å². The van der Waals surface area contributed by atoms with Gasteiger partial charge in [-0.05, 0) is 39.9 Å². The Labute approximate surface area is 107 Å². The summed E-state index contributed by atoms with van der Waals surface area (Å²) in [5.41, 5.74) is 1.25. The Hall–Kier alpha value is -0.830. The van der Waals surface area contributed by atoms with Crippen molar-refractivity contribution in [2.24, 2.45) is 10.9 Å². The molecule has 0 aliphatic rings. The minimum atomic E-state index is 0.528. The molecular formula is C14H29N3. The van der Waals surface area contributed by atoms with Gasteiger partial charge in [0.2, 0.25) is 0 Å². The minimum absolute atomic E-state index is 0.528. The van der Waals surface area contributed by atoms with E-state index in [2.05, 4.69) is 56.7 Å². The monoisotopic (exact) mass is 239 g/mol. The number of hydrogen-bond acceptors (Lipinski definition) is 2. The smallest absolute Gasteiger partial charge is 0.100 e. The average molecular weight is 239 g/mol. The second-order valence-corrected chi connectivity index (χ2v) is 5.01. The van der Waals surface area contributed by atoms with E-state index in [4.69, 9.17) is 0 Å². The van der Waals surface area contributed by atoms with Gasteiger partial charge in [0.05, 0.1) is 0 Å². The molecule has 0 aromatic rings. The third-order valence-corrected chi connectivity index (χ3v) is 2.66. The summed E-state index contributed by atoms with van der Waals surface area (Å²) in [6.45, 7) is 13.5. The first-order valence-corrected chi connectivity index (χ1v) is 6.57. The van der Waals surface area contributed by atoms with Crippen molar-refractivity contribution < 1.29 is 0 Å². The van der Waals surface area contributed by atoms with Crippen molar-refractivity contribution in [2.45, 2.75) is 33.6 Å². The molecule has 0 aliphatic heterocycles. The Balaban J connectivity index is 4.12. The number of rotatable bonds is 8. The van der Waals surface area contributed by atoms with Gasteiger partial charge in [0.1, 0.15) is 5.84 Å². The van der Waals surface area contributed by atoms with Gasteiger partial charge in [-0.2, -0.15) is 0 Å². The van der Waals surface area contributed by atoms with Gasteiger partial charge in [-0.3, -0.25) is 4.99 Å². The van der Waals surface area contributed by atoms with Crippen LogP contribution in [-0.2, 0) is 0 Å². The summed E-state index contributed by atoms with van der Waals surface area (Å²) in [6.07, 6.45) is 1.99. The molecule has 3 heteroatoms. The van der Waals surface area contributed by atoms with Crippen LogP contribution in [0.15, 0.2) is 17.1 Å². The first-order valence-electron chi connectivity index (χ1n) is 6.57. The topological polar surface area (TPSA) is 27.6 Å². The fraction of sp³-hybridized carbons (Fsp3) is 0.786. The van der Waals surface area contributed by atoms with Crippen molar-refractivity contribution in [3.8, 4) is 0 Å². The predicted octanol–water partition coefficient (Wildman–Crippen LogP) is 2.55. The molecule has 1 N–H and O–H groups in total. The van der Waals surface area contributed by atoms with Crippen molar-refractivity contribution in [1.82, 2.24) is 10.2 Å². The van der Waals surface area contributed by atoms with Crippen LogP contribution >= 0.6 is 0 Å². The van der Waals surface area contributed by atoms with Crippen LogP contribution in [0.25, 0.3) is 0 Å². The number of nitrogens with one attached hydrogen (secondary N) is 1. The van der Waals surface area contributed by atoms with Crippen molar-refractivity contribution in [1.29, 1.82) is 0 Å². The largest absolute Gasteiger partial charge is 0.374 e. The molecule has 0 atom stereocenters. The Morgan fingerprint density at radius 2 is 2.00 bits per heavy atom. The lowest BCUT2D eigenvalue weighted by Gasteiger charge is -2.13. The second kappa shape index (κ2) is 9.23. The zero-order valence-corrected chi connectivity index (χ0v) is 12.2. The summed E-state index contributed by atoms with van der Waals surface area (Å²) in [5, 5.41) is 3.33. The standard InChI is InChI=1S/C14H29N3/c1-7-15-14(11-13(4)12(2)3)16-9-8-10-17(5)6/h12H,4,7-11H2,1-3,5-6H3,(H,15,16). The van der Waals surface area contributed by atoms with Crippen LogP contribution in [0.5, 0.6) is 0 Å². The van der Waals surface area contributed by atoms with Gasteiger partial charge in [0.25, 0.3) is 0 Å². The predicted molar refractivity (Wildman–Crippen MR) is 77.7 cm³/mol. The van der Waals surface area contributed by atoms with Gasteiger partial charge in [0, 0.05) is 19.5 Å². The van der Waals surface area contributed by atoms with Crippen molar-refractivity contribution >= 4 is 5.84 Å². The van der Waals surface area contributed by atoms with Crippen LogP contribution in [-0.4, -0.2) is 44.5 Å². The number of amidine groups is 1. The highest BCUT2D eigenvalue weighted by Crippen LogP contribution is 2.11. The first kappa shape index (κ1) is 16.2. The molecule has 0 unspecified atom stereocenters. The van der Waals surface area contributed by atoms with E-state index in [1.807, 2.05) is 0 Å². The fourth-order valence-corrected chi connectivity index (χ4v) is 1.40. The van der Waals surface area contributed by atoms with Crippen molar-refractivity contribution in [2.75, 3.05) is 33.7 Å². The molecule has 0 aromatic carbocycles. The second-order valence-electron chi connectivity index (χ2n) is 5.01. The molecule has 0 heterocycles. The Morgan fingerprint density at radius 3 is 2.47 bits per heavy atom. The Bertz CT molecular complexity index is 242. The maximum atomic E-state index is 4.63. The number of hydrogen-bond donors (Lipinski definition) is 1. The maximum Gasteiger partial charge on any atom is 0.100 e. The summed E-state index contributed by atoms with van der Waals surface area (Å²) in [7, 11) is 4.19. The summed E-state index contributed by atoms with van der Waals surface area (Å²) in [5.74, 6) is 1.62. The average Bonchev–Trinajstić information content (AvgIpc) is 2.23. The SMILES string of the molecule is C=C(CC(=NCCCN(C)C)NCC)C(C)C. The first-order chi connectivity index (χ1) is 7.97. The van der Waals surface area contributed by atoms with Gasteiger partial charge >= 0.3 is 0 Å². The van der Waals surface area contributed by atoms with E-state index in [1.54, 1.807) is 0 Å². The van der Waals surface area contributed by atoms with E-state index in [-0.39, 0.29) is 0 Å². The molecule has 0 amide bonds. The van der Waals surface area contributed by atoms with E-state index in [1.165, 1.54) is 5.57 Å². The number of aliphatic imine (C=N–C) groups is 1. The van der Waals surface area contributed by atoms with Gasteiger partial charge < -0.3 is 10.2 Å². The lowest BCUT2D eigenvalue weighted by Crippen LogP contribution is -2.25. The van der Waals surface area contributed by atoms with Crippen LogP contribution in [0.2, 0.25) is 0 Å². The molecule has 0 rings (SSSR count). The molecule has 3 nitrogen and oxygen atoms in total. The summed E-state index contributed by atoms with van der Waals surface area (Å²) in [4.78, 5) is 6.82. The van der Waals surface area contributed by atoms with Crippen molar-refractivity contribution in [3.05, 3.63) is 12.2 Å². The fourth-order valence-electron chi connectivity index (χ4n) is 1.40. The van der Waals surface area contributed by atoms with E-state index < -0.39 is 0 Å². The molecule has 0 bridgehead atoms. The quantitative estimate of drug-likeness (QED) is 0.305. The molecule has 0 saturated carbocycles. The zero-order chi connectivity index (χ0) is 13.3. The third kappa shape index (κ3) is 8.93. The third-order valence-electron chi connectivity index (χ3n) is 2.66. The highest BCUT2D eigenvalue weighted by Gasteiger charge is 2.04. The highest BCUT2D eigenvalue weighted by atomic mass is 15.1. The van der Waals surface area contributed by atoms with Crippen LogP contribution in [0.4, 0.5) is 0 Å². The molecule has 100 valence electrons. The molecule has 17 heavy (non-hydrogen) atoms. The van der Waals surface area contributed by atoms with Gasteiger partial charge in [-0.15, -0.1) is 0 Å². The molecule has 0 aliphatic carbocycles. The Morgan fingerprint density at radius 1 is 1.35 bits per heavy atom. The summed E-state index contributed by atoms with van der Waals surface area (Å²) < 4.78 is 0. The Kier molecular flexibility index (Phi) is 8.78. The van der Waals surface area contributed by atoms with E-state index in [0.29, 0.717) is 5.92 Å². The van der Waals surface area contributed by atoms with Gasteiger partial charge in [-0.1, -0.05) is 26.0 Å². The van der Waals surface area contributed by atoms with Gasteiger partial charge in [0.15, 0.2) is 0 Å². The van der Waals surface area contributed by atoms with Crippen LogP contribution < -0.4 is 5.32 Å². The molecule has 0 saturated heterocycles. The molecule has 0 aromatic heterocycles. The number of nitrogens with zero attached hydrogens (tertiary/aromatic N) is 2. The summed E-state index contributed by atoms with van der Waals surface area (Å²) in [6, 6.07) is 0. The lowest BCUT2D eigenvalue weighted by atomic mass is 10.0. The lowest BCUT2D eigenvalue weighted by molar-refractivity contribution is 0.403. The van der Waals surface area contributed by atoms with E-state index >= 15 is 0 Å². The molecule has 0 spiro atoms.